The molecule has 0 radical (unpaired) electrons. The van der Waals surface area contributed by atoms with Gasteiger partial charge in [0.25, 0.3) is 0 Å². The number of hydrogen-bond acceptors (Lipinski definition) is 6. The zero-order chi connectivity index (χ0) is 25.3. The first kappa shape index (κ1) is 27.0. The van der Waals surface area contributed by atoms with Gasteiger partial charge >= 0.3 is 0 Å². The molecule has 1 aromatic rings. The minimum absolute atomic E-state index is 0.0239. The summed E-state index contributed by atoms with van der Waals surface area (Å²) in [5, 5.41) is 17.1. The number of aliphatic hydroxyl groups excluding tert-OH is 1. The largest absolute Gasteiger partial charge is 0.392 e. The molecule has 7 heteroatoms. The Labute approximate surface area is 208 Å². The van der Waals surface area contributed by atoms with E-state index in [4.69, 9.17) is 4.74 Å². The molecule has 1 amide bonds. The van der Waals surface area contributed by atoms with Crippen LogP contribution in [0.3, 0.4) is 0 Å². The highest BCUT2D eigenvalue weighted by atomic mass is 32.1. The lowest BCUT2D eigenvalue weighted by Crippen LogP contribution is -2.41. The second kappa shape index (κ2) is 10.6. The molecule has 0 aromatic carbocycles. The number of carbonyl (C=O) groups is 2. The fourth-order valence-electron chi connectivity index (χ4n) is 5.19. The zero-order valence-corrected chi connectivity index (χ0v) is 22.6. The maximum absolute atomic E-state index is 13.2. The Morgan fingerprint density at radius 2 is 1.97 bits per heavy atom. The third kappa shape index (κ3) is 6.55. The number of epoxide rings is 1. The number of rotatable bonds is 2. The van der Waals surface area contributed by atoms with Crippen molar-refractivity contribution in [3.63, 3.8) is 0 Å². The normalized spacial score (nSPS) is 36.0. The van der Waals surface area contributed by atoms with Crippen LogP contribution >= 0.6 is 11.3 Å². The van der Waals surface area contributed by atoms with Gasteiger partial charge < -0.3 is 15.2 Å². The number of aromatic nitrogens is 1. The van der Waals surface area contributed by atoms with E-state index < -0.39 is 17.4 Å². The van der Waals surface area contributed by atoms with E-state index in [1.54, 1.807) is 11.3 Å². The average molecular weight is 491 g/mol. The molecule has 2 aliphatic rings. The third-order valence-electron chi connectivity index (χ3n) is 7.87. The molecule has 2 fully saturated rings. The number of amides is 1. The molecule has 2 saturated heterocycles. The fraction of sp³-hybridized carbons (Fsp3) is 0.741. The molecule has 34 heavy (non-hydrogen) atoms. The number of ketones is 1. The lowest BCUT2D eigenvalue weighted by Gasteiger charge is -2.31. The van der Waals surface area contributed by atoms with Crippen LogP contribution in [0.15, 0.2) is 11.0 Å². The molecule has 4 unspecified atom stereocenters. The summed E-state index contributed by atoms with van der Waals surface area (Å²) in [6.45, 7) is 13.8. The van der Waals surface area contributed by atoms with Crippen molar-refractivity contribution in [3.8, 4) is 0 Å². The summed E-state index contributed by atoms with van der Waals surface area (Å²) < 4.78 is 6.12. The van der Waals surface area contributed by atoms with Crippen LogP contribution in [-0.4, -0.2) is 45.6 Å². The quantitative estimate of drug-likeness (QED) is 0.564. The first-order chi connectivity index (χ1) is 15.8. The molecule has 2 N–H and O–H groups in total. The van der Waals surface area contributed by atoms with Crippen molar-refractivity contribution in [2.45, 2.75) is 111 Å². The first-order valence-electron chi connectivity index (χ1n) is 12.6. The fourth-order valence-corrected chi connectivity index (χ4v) is 5.76. The van der Waals surface area contributed by atoms with Crippen LogP contribution in [0.4, 0.5) is 0 Å². The maximum atomic E-state index is 13.2. The summed E-state index contributed by atoms with van der Waals surface area (Å²) >= 11 is 1.61. The topological polar surface area (TPSA) is 91.8 Å². The smallest absolute Gasteiger partial charge is 0.220 e. The van der Waals surface area contributed by atoms with Crippen molar-refractivity contribution in [2.75, 3.05) is 0 Å². The Kier molecular flexibility index (Phi) is 8.42. The van der Waals surface area contributed by atoms with Gasteiger partial charge in [-0.25, -0.2) is 4.98 Å². The number of nitrogens with one attached hydrogen (secondary N) is 1. The van der Waals surface area contributed by atoms with Gasteiger partial charge in [-0.2, -0.15) is 0 Å². The lowest BCUT2D eigenvalue weighted by molar-refractivity contribution is -0.136. The van der Waals surface area contributed by atoms with Gasteiger partial charge in [0.1, 0.15) is 5.78 Å². The Bertz CT molecular complexity index is 923. The van der Waals surface area contributed by atoms with E-state index in [1.165, 1.54) is 0 Å². The monoisotopic (exact) mass is 490 g/mol. The van der Waals surface area contributed by atoms with Crippen LogP contribution in [0.25, 0.3) is 6.08 Å². The van der Waals surface area contributed by atoms with Gasteiger partial charge in [-0.15, -0.1) is 11.3 Å². The van der Waals surface area contributed by atoms with Gasteiger partial charge in [0, 0.05) is 29.6 Å². The highest BCUT2D eigenvalue weighted by molar-refractivity contribution is 7.09. The summed E-state index contributed by atoms with van der Waals surface area (Å²) in [6.07, 6.45) is 5.56. The Balaban J connectivity index is 1.81. The molecular weight excluding hydrogens is 448 g/mol. The van der Waals surface area contributed by atoms with Crippen LogP contribution in [0.5, 0.6) is 0 Å². The summed E-state index contributed by atoms with van der Waals surface area (Å²) in [5.41, 5.74) is 1.09. The van der Waals surface area contributed by atoms with Gasteiger partial charge in [0.2, 0.25) is 5.91 Å². The number of fused-ring (bicyclic) bond motifs is 1. The van der Waals surface area contributed by atoms with E-state index in [0.29, 0.717) is 12.8 Å². The molecule has 0 saturated carbocycles. The third-order valence-corrected chi connectivity index (χ3v) is 8.66. The molecule has 190 valence electrons. The highest BCUT2D eigenvalue weighted by Gasteiger charge is 2.52. The van der Waals surface area contributed by atoms with E-state index >= 15 is 0 Å². The van der Waals surface area contributed by atoms with Gasteiger partial charge in [0.15, 0.2) is 0 Å². The molecule has 2 aliphatic heterocycles. The zero-order valence-electron chi connectivity index (χ0n) is 21.8. The van der Waals surface area contributed by atoms with Crippen molar-refractivity contribution in [2.24, 2.45) is 17.3 Å². The van der Waals surface area contributed by atoms with Crippen LogP contribution in [0.2, 0.25) is 0 Å². The summed E-state index contributed by atoms with van der Waals surface area (Å²) in [4.78, 5) is 30.7. The number of Topliss-reactive ketones (excluding diaryl/α,β-unsaturated/α-hetero) is 1. The minimum Gasteiger partial charge on any atom is -0.392 e. The lowest BCUT2D eigenvalue weighted by atomic mass is 9.74. The number of thiazole rings is 1. The van der Waals surface area contributed by atoms with Crippen LogP contribution in [-0.2, 0) is 14.3 Å². The van der Waals surface area contributed by atoms with Crippen molar-refractivity contribution in [1.82, 2.24) is 10.3 Å². The second-order valence-corrected chi connectivity index (χ2v) is 12.4. The molecule has 3 rings (SSSR count). The molecule has 6 atom stereocenters. The second-order valence-electron chi connectivity index (χ2n) is 11.4. The van der Waals surface area contributed by atoms with Crippen LogP contribution in [0.1, 0.15) is 90.8 Å². The number of carbonyl (C=O) groups excluding carboxylic acids is 2. The van der Waals surface area contributed by atoms with Crippen molar-refractivity contribution in [3.05, 3.63) is 21.7 Å². The van der Waals surface area contributed by atoms with Crippen molar-refractivity contribution < 1.29 is 19.4 Å². The van der Waals surface area contributed by atoms with Crippen LogP contribution < -0.4 is 5.32 Å². The maximum Gasteiger partial charge on any atom is 0.220 e. The van der Waals surface area contributed by atoms with Crippen molar-refractivity contribution in [1.29, 1.82) is 0 Å². The first-order valence-corrected chi connectivity index (χ1v) is 13.5. The highest BCUT2D eigenvalue weighted by Crippen LogP contribution is 2.44. The van der Waals surface area contributed by atoms with Crippen LogP contribution in [0, 0.1) is 24.2 Å². The molecule has 0 bridgehead atoms. The number of ether oxygens (including phenoxy) is 1. The van der Waals surface area contributed by atoms with Gasteiger partial charge in [-0.1, -0.05) is 34.1 Å². The van der Waals surface area contributed by atoms with Crippen molar-refractivity contribution >= 4 is 29.1 Å². The van der Waals surface area contributed by atoms with E-state index in [1.807, 2.05) is 53.0 Å². The molecule has 0 spiro atoms. The summed E-state index contributed by atoms with van der Waals surface area (Å²) in [7, 11) is 0. The van der Waals surface area contributed by atoms with Gasteiger partial charge in [-0.3, -0.25) is 9.59 Å². The molecular formula is C27H42N2O4S. The molecule has 6 nitrogen and oxygen atoms in total. The van der Waals surface area contributed by atoms with E-state index in [0.717, 1.165) is 35.5 Å². The van der Waals surface area contributed by atoms with E-state index in [-0.39, 0.29) is 41.8 Å². The minimum atomic E-state index is -0.677. The van der Waals surface area contributed by atoms with E-state index in [2.05, 4.69) is 17.2 Å². The van der Waals surface area contributed by atoms with Gasteiger partial charge in [0.05, 0.1) is 34.6 Å². The number of nitrogens with zero attached hydrogens (tertiary/aromatic N) is 1. The SMILES string of the molecule is C/C(=C\c1csc(C)n1)[C@@H]1CC2O[C@]2(C)CCCC(C)C(O)C(C)C(=O)C(C)(C)CCC(=O)N1. The standard InChI is InChI=1S/C27H42N2O4S/c1-16-9-8-11-27(7)22(33-27)14-21(17(2)13-20-15-34-19(4)28-20)29-23(30)10-12-26(5,6)25(32)18(3)24(16)31/h13,15-16,18,21-22,24,31H,8-12,14H2,1-7H3,(H,29,30)/b17-13+/t16?,18?,21-,22?,24?,27+/m0/s1. The average Bonchev–Trinajstić information content (AvgIpc) is 3.21. The molecule has 3 heterocycles. The predicted molar refractivity (Wildman–Crippen MR) is 137 cm³/mol. The Morgan fingerprint density at radius 3 is 2.62 bits per heavy atom. The summed E-state index contributed by atoms with van der Waals surface area (Å²) in [5.74, 6) is -0.466. The van der Waals surface area contributed by atoms with Gasteiger partial charge in [-0.05, 0) is 57.6 Å². The predicted octanol–water partition coefficient (Wildman–Crippen LogP) is 5.08. The Hall–Kier alpha value is -1.57. The summed E-state index contributed by atoms with van der Waals surface area (Å²) in [6, 6.07) is -0.146. The number of aliphatic hydroxyl groups is 1. The Morgan fingerprint density at radius 1 is 1.26 bits per heavy atom. The molecule has 1 aromatic heterocycles. The molecule has 0 aliphatic carbocycles. The van der Waals surface area contributed by atoms with E-state index in [9.17, 15) is 14.7 Å². The number of hydrogen-bond donors (Lipinski definition) is 2. The number of aryl methyl sites for hydroxylation is 1.